The van der Waals surface area contributed by atoms with Crippen LogP contribution < -0.4 is 15.5 Å². The Bertz CT molecular complexity index is 1520. The van der Waals surface area contributed by atoms with Crippen LogP contribution in [0.5, 0.6) is 0 Å². The molecule has 3 aromatic rings. The van der Waals surface area contributed by atoms with E-state index in [-0.39, 0.29) is 30.1 Å². The molecule has 2 aromatic heterocycles. The Hall–Kier alpha value is -3.48. The van der Waals surface area contributed by atoms with Crippen LogP contribution in [0.15, 0.2) is 48.1 Å². The number of nitrogens with zero attached hydrogens (tertiary/aromatic N) is 6. The van der Waals surface area contributed by atoms with Crippen LogP contribution in [0.2, 0.25) is 0 Å². The molecule has 0 aliphatic heterocycles. The molecule has 3 atom stereocenters. The molecule has 2 aliphatic rings. The number of carbonyl (C=O) groups excluding carboxylic acids is 2. The standard InChI is InChI=1S/C34H46N8O2S2/c1-5-41(6-2)27-16-9-12-23(18-27)20-29(43)35-33-39-37-31(45-33)25-14-11-15-26(22-25)32-38-40-34(46-32)36-30(44)21-24-13-10-17-28(19-24)42(7-3)8-4/h9-10,12-13,16-18,25-26,28H,5-8,11,14-15,19-22H2,1-4H3,(H,35,39,43)(H,36,40,44)/t25-,26-,28?/m0/s1. The van der Waals surface area contributed by atoms with Gasteiger partial charge in [0.25, 0.3) is 0 Å². The summed E-state index contributed by atoms with van der Waals surface area (Å²) >= 11 is 2.93. The zero-order valence-corrected chi connectivity index (χ0v) is 29.0. The molecule has 46 heavy (non-hydrogen) atoms. The minimum absolute atomic E-state index is 0.0518. The number of nitrogens with one attached hydrogen (secondary N) is 2. The highest BCUT2D eigenvalue weighted by molar-refractivity contribution is 7.15. The number of benzene rings is 1. The average molecular weight is 663 g/mol. The molecule has 246 valence electrons. The van der Waals surface area contributed by atoms with Gasteiger partial charge in [-0.05, 0) is 70.3 Å². The van der Waals surface area contributed by atoms with E-state index in [4.69, 9.17) is 0 Å². The Balaban J connectivity index is 1.12. The molecule has 0 spiro atoms. The molecule has 12 heteroatoms. The van der Waals surface area contributed by atoms with Crippen LogP contribution in [-0.4, -0.2) is 69.3 Å². The zero-order valence-electron chi connectivity index (χ0n) is 27.4. The van der Waals surface area contributed by atoms with Gasteiger partial charge in [-0.3, -0.25) is 14.5 Å². The molecule has 0 radical (unpaired) electrons. The summed E-state index contributed by atoms with van der Waals surface area (Å²) in [6, 6.07) is 8.50. The molecule has 2 amide bonds. The number of likely N-dealkylation sites (N-methyl/N-ethyl adjacent to an activating group) is 1. The third-order valence-electron chi connectivity index (χ3n) is 8.96. The lowest BCUT2D eigenvalue weighted by atomic mass is 9.82. The van der Waals surface area contributed by atoms with Gasteiger partial charge in [-0.2, -0.15) is 0 Å². The summed E-state index contributed by atoms with van der Waals surface area (Å²) in [5.41, 5.74) is 3.24. The highest BCUT2D eigenvalue weighted by Gasteiger charge is 2.30. The summed E-state index contributed by atoms with van der Waals surface area (Å²) in [5, 5.41) is 26.4. The van der Waals surface area contributed by atoms with Gasteiger partial charge in [0, 0.05) is 43.1 Å². The molecule has 5 rings (SSSR count). The van der Waals surface area contributed by atoms with E-state index in [1.54, 1.807) is 0 Å². The van der Waals surface area contributed by atoms with Crippen molar-refractivity contribution in [3.8, 4) is 0 Å². The summed E-state index contributed by atoms with van der Waals surface area (Å²) in [4.78, 5) is 30.4. The number of aromatic nitrogens is 4. The highest BCUT2D eigenvalue weighted by Crippen LogP contribution is 2.43. The third-order valence-corrected chi connectivity index (χ3v) is 11.0. The maximum absolute atomic E-state index is 12.9. The Morgan fingerprint density at radius 3 is 2.09 bits per heavy atom. The van der Waals surface area contributed by atoms with Crippen molar-refractivity contribution in [1.29, 1.82) is 0 Å². The van der Waals surface area contributed by atoms with Crippen molar-refractivity contribution in [2.24, 2.45) is 0 Å². The van der Waals surface area contributed by atoms with E-state index in [9.17, 15) is 9.59 Å². The summed E-state index contributed by atoms with van der Waals surface area (Å²) < 4.78 is 0. The predicted molar refractivity (Wildman–Crippen MR) is 188 cm³/mol. The van der Waals surface area contributed by atoms with E-state index in [0.717, 1.165) is 85.1 Å². The Morgan fingerprint density at radius 2 is 1.48 bits per heavy atom. The van der Waals surface area contributed by atoms with Crippen molar-refractivity contribution < 1.29 is 9.59 Å². The van der Waals surface area contributed by atoms with Crippen LogP contribution in [-0.2, 0) is 16.0 Å². The third kappa shape index (κ3) is 8.86. The lowest BCUT2D eigenvalue weighted by molar-refractivity contribution is -0.116. The normalized spacial score (nSPS) is 19.6. The molecule has 2 aliphatic carbocycles. The molecule has 10 nitrogen and oxygen atoms in total. The second kappa shape index (κ2) is 16.4. The van der Waals surface area contributed by atoms with Gasteiger partial charge in [-0.1, -0.05) is 78.9 Å². The molecule has 1 fully saturated rings. The monoisotopic (exact) mass is 662 g/mol. The molecule has 2 heterocycles. The maximum atomic E-state index is 12.9. The lowest BCUT2D eigenvalue weighted by Crippen LogP contribution is -2.35. The summed E-state index contributed by atoms with van der Waals surface area (Å²) in [6.45, 7) is 12.4. The van der Waals surface area contributed by atoms with Crippen molar-refractivity contribution in [3.63, 3.8) is 0 Å². The summed E-state index contributed by atoms with van der Waals surface area (Å²) in [6.07, 6.45) is 11.9. The topological polar surface area (TPSA) is 116 Å². The smallest absolute Gasteiger partial charge is 0.230 e. The maximum Gasteiger partial charge on any atom is 0.230 e. The molecule has 2 N–H and O–H groups in total. The first kappa shape index (κ1) is 33.9. The van der Waals surface area contributed by atoms with Crippen LogP contribution in [0, 0.1) is 0 Å². The van der Waals surface area contributed by atoms with Gasteiger partial charge < -0.3 is 15.5 Å². The van der Waals surface area contributed by atoms with Crippen LogP contribution >= 0.6 is 22.7 Å². The number of carbonyl (C=O) groups is 2. The van der Waals surface area contributed by atoms with Crippen LogP contribution in [0.3, 0.4) is 0 Å². The fourth-order valence-electron chi connectivity index (χ4n) is 6.51. The van der Waals surface area contributed by atoms with Crippen molar-refractivity contribution in [2.45, 2.75) is 90.5 Å². The second-order valence-electron chi connectivity index (χ2n) is 11.9. The van der Waals surface area contributed by atoms with Crippen molar-refractivity contribution in [2.75, 3.05) is 41.7 Å². The fourth-order valence-corrected chi connectivity index (χ4v) is 8.32. The number of hydrogen-bond acceptors (Lipinski definition) is 10. The number of anilines is 3. The molecular weight excluding hydrogens is 617 g/mol. The molecule has 1 unspecified atom stereocenters. The molecule has 0 bridgehead atoms. The first-order valence-electron chi connectivity index (χ1n) is 16.6. The van der Waals surface area contributed by atoms with Gasteiger partial charge >= 0.3 is 0 Å². The van der Waals surface area contributed by atoms with E-state index in [1.165, 1.54) is 22.7 Å². The zero-order chi connectivity index (χ0) is 32.5. The van der Waals surface area contributed by atoms with Crippen molar-refractivity contribution in [3.05, 3.63) is 63.6 Å². The minimum atomic E-state index is -0.0932. The largest absolute Gasteiger partial charge is 0.372 e. The van der Waals surface area contributed by atoms with Gasteiger partial charge in [-0.15, -0.1) is 20.4 Å². The quantitative estimate of drug-likeness (QED) is 0.194. The average Bonchev–Trinajstić information content (AvgIpc) is 3.73. The predicted octanol–water partition coefficient (Wildman–Crippen LogP) is 6.78. The van der Waals surface area contributed by atoms with Crippen molar-refractivity contribution >= 4 is 50.4 Å². The van der Waals surface area contributed by atoms with Gasteiger partial charge in [0.2, 0.25) is 22.1 Å². The van der Waals surface area contributed by atoms with Crippen LogP contribution in [0.25, 0.3) is 0 Å². The first-order chi connectivity index (χ1) is 22.4. The lowest BCUT2D eigenvalue weighted by Gasteiger charge is -2.29. The van der Waals surface area contributed by atoms with Crippen LogP contribution in [0.4, 0.5) is 16.0 Å². The van der Waals surface area contributed by atoms with E-state index in [0.29, 0.717) is 22.7 Å². The SMILES string of the molecule is CCN(CC)c1cccc(CC(=O)Nc2nnc([C@H]3CCC[C@H](c4nnc(NC(=O)CC5=CC=CC(N(CC)CC)C5)s4)C3)s2)c1. The number of allylic oxidation sites excluding steroid dienone is 2. The molecular formula is C34H46N8O2S2. The Kier molecular flexibility index (Phi) is 12.1. The number of amides is 2. The van der Waals surface area contributed by atoms with E-state index < -0.39 is 0 Å². The van der Waals surface area contributed by atoms with Gasteiger partial charge in [0.05, 0.1) is 6.42 Å². The minimum Gasteiger partial charge on any atom is -0.372 e. The van der Waals surface area contributed by atoms with Crippen molar-refractivity contribution in [1.82, 2.24) is 25.3 Å². The van der Waals surface area contributed by atoms with Gasteiger partial charge in [0.1, 0.15) is 10.0 Å². The number of hydrogen-bond donors (Lipinski definition) is 2. The summed E-state index contributed by atoms with van der Waals surface area (Å²) in [5.74, 6) is 0.357. The molecule has 1 aromatic carbocycles. The Morgan fingerprint density at radius 1 is 0.848 bits per heavy atom. The van der Waals surface area contributed by atoms with Crippen LogP contribution in [0.1, 0.15) is 93.6 Å². The highest BCUT2D eigenvalue weighted by atomic mass is 32.1. The summed E-state index contributed by atoms with van der Waals surface area (Å²) in [7, 11) is 0. The van der Waals surface area contributed by atoms with Gasteiger partial charge in [0.15, 0.2) is 0 Å². The first-order valence-corrected chi connectivity index (χ1v) is 18.2. The van der Waals surface area contributed by atoms with E-state index in [2.05, 4.69) is 98.9 Å². The molecule has 1 saturated carbocycles. The second-order valence-corrected chi connectivity index (χ2v) is 14.0. The van der Waals surface area contributed by atoms with E-state index in [1.807, 2.05) is 12.1 Å². The van der Waals surface area contributed by atoms with Gasteiger partial charge in [-0.25, -0.2) is 0 Å². The van der Waals surface area contributed by atoms with E-state index >= 15 is 0 Å². The fraction of sp³-hybridized carbons (Fsp3) is 0.529. The Labute approximate surface area is 280 Å². The number of rotatable bonds is 14. The molecule has 0 saturated heterocycles.